The summed E-state index contributed by atoms with van der Waals surface area (Å²) in [7, 11) is 1.62. The molecule has 1 aliphatic carbocycles. The highest BCUT2D eigenvalue weighted by Crippen LogP contribution is 2.29. The maximum Gasteiger partial charge on any atom is 0.251 e. The Morgan fingerprint density at radius 2 is 1.87 bits per heavy atom. The van der Waals surface area contributed by atoms with Crippen molar-refractivity contribution < 1.29 is 9.59 Å². The van der Waals surface area contributed by atoms with Crippen LogP contribution >= 0.6 is 0 Å². The van der Waals surface area contributed by atoms with Crippen molar-refractivity contribution in [3.8, 4) is 0 Å². The summed E-state index contributed by atoms with van der Waals surface area (Å²) in [4.78, 5) is 26.8. The fourth-order valence-electron chi connectivity index (χ4n) is 3.90. The Bertz CT molecular complexity index is 895. The molecule has 0 atom stereocenters. The number of carbonyl (C=O) groups is 2. The SMILES string of the molecule is CNC(=O)c1ccc(CN(C(=O)CCc2c(C)nn(CC(C)C)c2C)C2CC2)cc1. The smallest absolute Gasteiger partial charge is 0.251 e. The molecule has 6 heteroatoms. The third-order valence-corrected chi connectivity index (χ3v) is 5.76. The van der Waals surface area contributed by atoms with Gasteiger partial charge in [0.15, 0.2) is 0 Å². The van der Waals surface area contributed by atoms with Gasteiger partial charge >= 0.3 is 0 Å². The summed E-state index contributed by atoms with van der Waals surface area (Å²) < 4.78 is 2.08. The van der Waals surface area contributed by atoms with Crippen molar-refractivity contribution in [1.29, 1.82) is 0 Å². The first-order valence-electron chi connectivity index (χ1n) is 10.9. The average Bonchev–Trinajstić information content (AvgIpc) is 3.52. The third kappa shape index (κ3) is 5.29. The molecule has 0 saturated heterocycles. The van der Waals surface area contributed by atoms with Crippen LogP contribution in [0, 0.1) is 19.8 Å². The molecule has 1 heterocycles. The summed E-state index contributed by atoms with van der Waals surface area (Å²) in [6.07, 6.45) is 3.38. The number of benzene rings is 1. The van der Waals surface area contributed by atoms with Crippen LogP contribution in [0.5, 0.6) is 0 Å². The van der Waals surface area contributed by atoms with Crippen LogP contribution in [0.2, 0.25) is 0 Å². The second-order valence-electron chi connectivity index (χ2n) is 8.75. The summed E-state index contributed by atoms with van der Waals surface area (Å²) in [5.41, 5.74) is 5.10. The molecule has 0 bridgehead atoms. The van der Waals surface area contributed by atoms with E-state index in [-0.39, 0.29) is 11.8 Å². The Kier molecular flexibility index (Phi) is 6.95. The van der Waals surface area contributed by atoms with Gasteiger partial charge in [-0.25, -0.2) is 0 Å². The maximum absolute atomic E-state index is 13.1. The largest absolute Gasteiger partial charge is 0.355 e. The van der Waals surface area contributed by atoms with Crippen molar-refractivity contribution in [2.24, 2.45) is 5.92 Å². The van der Waals surface area contributed by atoms with E-state index in [9.17, 15) is 9.59 Å². The van der Waals surface area contributed by atoms with Gasteiger partial charge in [-0.2, -0.15) is 5.10 Å². The van der Waals surface area contributed by atoms with E-state index < -0.39 is 0 Å². The van der Waals surface area contributed by atoms with Gasteiger partial charge in [-0.15, -0.1) is 0 Å². The molecule has 6 nitrogen and oxygen atoms in total. The zero-order valence-electron chi connectivity index (χ0n) is 18.9. The van der Waals surface area contributed by atoms with Crippen molar-refractivity contribution in [3.05, 3.63) is 52.3 Å². The summed E-state index contributed by atoms with van der Waals surface area (Å²) >= 11 is 0. The molecule has 162 valence electrons. The fraction of sp³-hybridized carbons (Fsp3) is 0.542. The first kappa shape index (κ1) is 22.1. The monoisotopic (exact) mass is 410 g/mol. The lowest BCUT2D eigenvalue weighted by Crippen LogP contribution is -2.32. The van der Waals surface area contributed by atoms with E-state index in [1.165, 1.54) is 11.3 Å². The Morgan fingerprint density at radius 3 is 2.43 bits per heavy atom. The number of hydrogen-bond acceptors (Lipinski definition) is 3. The fourth-order valence-corrected chi connectivity index (χ4v) is 3.90. The van der Waals surface area contributed by atoms with Crippen LogP contribution in [-0.2, 0) is 24.3 Å². The van der Waals surface area contributed by atoms with Crippen LogP contribution in [0.3, 0.4) is 0 Å². The average molecular weight is 411 g/mol. The van der Waals surface area contributed by atoms with Gasteiger partial charge in [-0.1, -0.05) is 26.0 Å². The van der Waals surface area contributed by atoms with Crippen LogP contribution in [0.15, 0.2) is 24.3 Å². The summed E-state index contributed by atoms with van der Waals surface area (Å²) in [5.74, 6) is 0.640. The predicted octanol–water partition coefficient (Wildman–Crippen LogP) is 3.64. The molecule has 3 rings (SSSR count). The van der Waals surface area contributed by atoms with Gasteiger partial charge in [-0.3, -0.25) is 14.3 Å². The van der Waals surface area contributed by atoms with Gasteiger partial charge in [0.25, 0.3) is 5.91 Å². The van der Waals surface area contributed by atoms with Gasteiger partial charge < -0.3 is 10.2 Å². The lowest BCUT2D eigenvalue weighted by Gasteiger charge is -2.23. The highest BCUT2D eigenvalue weighted by molar-refractivity contribution is 5.93. The van der Waals surface area contributed by atoms with E-state index in [4.69, 9.17) is 0 Å². The van der Waals surface area contributed by atoms with Crippen molar-refractivity contribution in [2.75, 3.05) is 7.05 Å². The second-order valence-corrected chi connectivity index (χ2v) is 8.75. The van der Waals surface area contributed by atoms with Crippen LogP contribution in [0.1, 0.15) is 66.0 Å². The van der Waals surface area contributed by atoms with E-state index in [0.29, 0.717) is 30.5 Å². The topological polar surface area (TPSA) is 67.2 Å². The standard InChI is InChI=1S/C24H34N4O2/c1-16(2)14-28-18(4)22(17(3)26-28)12-13-23(29)27(21-10-11-21)15-19-6-8-20(9-7-19)24(30)25-5/h6-9,16,21H,10-15H2,1-5H3,(H,25,30). The molecule has 1 fully saturated rings. The highest BCUT2D eigenvalue weighted by Gasteiger charge is 2.32. The number of nitrogens with zero attached hydrogens (tertiary/aromatic N) is 3. The minimum atomic E-state index is -0.0968. The summed E-state index contributed by atoms with van der Waals surface area (Å²) in [6, 6.07) is 7.87. The van der Waals surface area contributed by atoms with Crippen molar-refractivity contribution in [2.45, 2.75) is 72.5 Å². The van der Waals surface area contributed by atoms with Gasteiger partial charge in [0.2, 0.25) is 5.91 Å². The molecule has 0 radical (unpaired) electrons. The van der Waals surface area contributed by atoms with E-state index in [0.717, 1.165) is 37.1 Å². The molecule has 1 aromatic carbocycles. The molecule has 1 saturated carbocycles. The molecule has 0 spiro atoms. The summed E-state index contributed by atoms with van der Waals surface area (Å²) in [5, 5.41) is 7.31. The molecule has 1 aromatic heterocycles. The predicted molar refractivity (Wildman–Crippen MR) is 118 cm³/mol. The molecule has 1 N–H and O–H groups in total. The van der Waals surface area contributed by atoms with Gasteiger partial charge in [0.05, 0.1) is 5.69 Å². The van der Waals surface area contributed by atoms with Crippen molar-refractivity contribution in [3.63, 3.8) is 0 Å². The Labute approximate surface area is 179 Å². The van der Waals surface area contributed by atoms with Crippen LogP contribution < -0.4 is 5.32 Å². The minimum Gasteiger partial charge on any atom is -0.355 e. The van der Waals surface area contributed by atoms with Crippen LogP contribution in [0.25, 0.3) is 0 Å². The number of hydrogen-bond donors (Lipinski definition) is 1. The Hall–Kier alpha value is -2.63. The number of nitrogens with one attached hydrogen (secondary N) is 1. The normalized spacial score (nSPS) is 13.5. The van der Waals surface area contributed by atoms with Gasteiger partial charge in [0, 0.05) is 43.9 Å². The highest BCUT2D eigenvalue weighted by atomic mass is 16.2. The lowest BCUT2D eigenvalue weighted by molar-refractivity contribution is -0.132. The second kappa shape index (κ2) is 9.45. The Morgan fingerprint density at radius 1 is 1.20 bits per heavy atom. The molecule has 2 aromatic rings. The maximum atomic E-state index is 13.1. The van der Waals surface area contributed by atoms with Gasteiger partial charge in [0.1, 0.15) is 0 Å². The quantitative estimate of drug-likeness (QED) is 0.686. The van der Waals surface area contributed by atoms with E-state index >= 15 is 0 Å². The van der Waals surface area contributed by atoms with E-state index in [1.54, 1.807) is 7.05 Å². The lowest BCUT2D eigenvalue weighted by atomic mass is 10.1. The minimum absolute atomic E-state index is 0.0968. The zero-order chi connectivity index (χ0) is 21.8. The number of aromatic nitrogens is 2. The molecule has 2 amide bonds. The first-order valence-corrected chi connectivity index (χ1v) is 10.9. The molecule has 0 aliphatic heterocycles. The molecule has 30 heavy (non-hydrogen) atoms. The molecule has 1 aliphatic rings. The zero-order valence-corrected chi connectivity index (χ0v) is 18.9. The van der Waals surface area contributed by atoms with E-state index in [1.807, 2.05) is 36.1 Å². The molecule has 0 unspecified atom stereocenters. The number of carbonyl (C=O) groups excluding carboxylic acids is 2. The first-order chi connectivity index (χ1) is 14.3. The molecular weight excluding hydrogens is 376 g/mol. The van der Waals surface area contributed by atoms with Crippen molar-refractivity contribution in [1.82, 2.24) is 20.0 Å². The number of amides is 2. The number of aryl methyl sites for hydroxylation is 1. The van der Waals surface area contributed by atoms with Gasteiger partial charge in [-0.05, 0) is 62.3 Å². The summed E-state index contributed by atoms with van der Waals surface area (Å²) in [6.45, 7) is 10.0. The Balaban J connectivity index is 1.64. The molecular formula is C24H34N4O2. The number of rotatable bonds is 9. The van der Waals surface area contributed by atoms with Crippen molar-refractivity contribution >= 4 is 11.8 Å². The van der Waals surface area contributed by atoms with E-state index in [2.05, 4.69) is 35.9 Å². The van der Waals surface area contributed by atoms with Crippen LogP contribution in [0.4, 0.5) is 0 Å². The van der Waals surface area contributed by atoms with Crippen LogP contribution in [-0.4, -0.2) is 39.6 Å². The third-order valence-electron chi connectivity index (χ3n) is 5.76.